The number of aliphatic hydroxyl groups is 3. The van der Waals surface area contributed by atoms with E-state index >= 15 is 0 Å². The third-order valence-corrected chi connectivity index (χ3v) is 2.09. The summed E-state index contributed by atoms with van der Waals surface area (Å²) in [5.41, 5.74) is -0.00459. The van der Waals surface area contributed by atoms with Gasteiger partial charge >= 0.3 is 0 Å². The lowest BCUT2D eigenvalue weighted by molar-refractivity contribution is -0.0866. The van der Waals surface area contributed by atoms with Gasteiger partial charge in [0.2, 0.25) is 0 Å². The maximum Gasteiger partial charge on any atom is 0.105 e. The molecule has 3 heteroatoms. The first-order valence-electron chi connectivity index (χ1n) is 4.55. The number of rotatable bonds is 5. The van der Waals surface area contributed by atoms with Crippen LogP contribution in [0.1, 0.15) is 33.6 Å². The molecule has 0 rings (SSSR count). The summed E-state index contributed by atoms with van der Waals surface area (Å²) in [7, 11) is 0. The zero-order valence-corrected chi connectivity index (χ0v) is 8.62. The van der Waals surface area contributed by atoms with Crippen LogP contribution >= 0.6 is 0 Å². The maximum absolute atomic E-state index is 9.66. The van der Waals surface area contributed by atoms with Crippen LogP contribution in [-0.2, 0) is 0 Å². The Morgan fingerprint density at radius 3 is 2.38 bits per heavy atom. The Bertz CT molecular complexity index is 169. The summed E-state index contributed by atoms with van der Waals surface area (Å²) in [4.78, 5) is 0. The molecule has 0 aromatic rings. The van der Waals surface area contributed by atoms with E-state index < -0.39 is 18.3 Å². The molecule has 0 aliphatic rings. The molecule has 0 aromatic carbocycles. The van der Waals surface area contributed by atoms with E-state index in [9.17, 15) is 10.2 Å². The summed E-state index contributed by atoms with van der Waals surface area (Å²) in [6.07, 6.45) is 2.11. The van der Waals surface area contributed by atoms with Crippen molar-refractivity contribution in [2.45, 2.75) is 45.3 Å². The van der Waals surface area contributed by atoms with Gasteiger partial charge in [-0.25, -0.2) is 0 Å². The molecule has 0 spiro atoms. The summed E-state index contributed by atoms with van der Waals surface area (Å²) in [5, 5.41) is 27.5. The minimum Gasteiger partial charge on any atom is -0.394 e. The smallest absolute Gasteiger partial charge is 0.105 e. The molecule has 0 heterocycles. The molecule has 3 N–H and O–H groups in total. The molecule has 78 valence electrons. The van der Waals surface area contributed by atoms with Crippen LogP contribution in [0, 0.1) is 0 Å². The van der Waals surface area contributed by atoms with E-state index in [1.54, 1.807) is 0 Å². The monoisotopic (exact) mass is 188 g/mol. The Labute approximate surface area is 79.7 Å². The average molecular weight is 188 g/mol. The first-order valence-corrected chi connectivity index (χ1v) is 4.55. The second kappa shape index (κ2) is 5.37. The molecule has 0 unspecified atom stereocenters. The molecular weight excluding hydrogens is 168 g/mol. The minimum atomic E-state index is -1.19. The number of hydrogen-bond donors (Lipinski definition) is 3. The van der Waals surface area contributed by atoms with E-state index in [2.05, 4.69) is 0 Å². The minimum absolute atomic E-state index is 0.401. The van der Waals surface area contributed by atoms with Gasteiger partial charge in [-0.2, -0.15) is 0 Å². The molecule has 2 atom stereocenters. The van der Waals surface area contributed by atoms with Crippen molar-refractivity contribution in [2.24, 2.45) is 0 Å². The fraction of sp³-hybridized carbons (Fsp3) is 0.800. The number of aliphatic hydroxyl groups excluding tert-OH is 2. The van der Waals surface area contributed by atoms with Gasteiger partial charge < -0.3 is 15.3 Å². The molecular formula is C10H20O3. The van der Waals surface area contributed by atoms with Gasteiger partial charge in [0.05, 0.1) is 12.2 Å². The van der Waals surface area contributed by atoms with Crippen LogP contribution in [0.3, 0.4) is 0 Å². The summed E-state index contributed by atoms with van der Waals surface area (Å²) < 4.78 is 0. The Morgan fingerprint density at radius 2 is 2.00 bits per heavy atom. The number of allylic oxidation sites excluding steroid dienone is 2. The van der Waals surface area contributed by atoms with Crippen molar-refractivity contribution in [1.29, 1.82) is 0 Å². The zero-order chi connectivity index (χ0) is 10.5. The van der Waals surface area contributed by atoms with Crippen molar-refractivity contribution in [1.82, 2.24) is 0 Å². The maximum atomic E-state index is 9.66. The summed E-state index contributed by atoms with van der Waals surface area (Å²) in [5.74, 6) is 0. The fourth-order valence-electron chi connectivity index (χ4n) is 1.02. The predicted molar refractivity (Wildman–Crippen MR) is 52.4 cm³/mol. The molecule has 0 bridgehead atoms. The van der Waals surface area contributed by atoms with Crippen LogP contribution in [0.25, 0.3) is 0 Å². The summed E-state index contributed by atoms with van der Waals surface area (Å²) >= 11 is 0. The lowest BCUT2D eigenvalue weighted by Gasteiger charge is -2.27. The molecule has 3 nitrogen and oxygen atoms in total. The van der Waals surface area contributed by atoms with Crippen molar-refractivity contribution in [3.63, 3.8) is 0 Å². The van der Waals surface area contributed by atoms with E-state index in [1.165, 1.54) is 12.5 Å². The lowest BCUT2D eigenvalue weighted by atomic mass is 9.93. The summed E-state index contributed by atoms with van der Waals surface area (Å²) in [6, 6.07) is 0. The van der Waals surface area contributed by atoms with E-state index in [0.29, 0.717) is 12.8 Å². The van der Waals surface area contributed by atoms with Gasteiger partial charge in [-0.1, -0.05) is 11.6 Å². The Morgan fingerprint density at radius 1 is 1.46 bits per heavy atom. The van der Waals surface area contributed by atoms with Gasteiger partial charge in [0.15, 0.2) is 0 Å². The summed E-state index contributed by atoms with van der Waals surface area (Å²) in [6.45, 7) is 5.10. The SMILES string of the molecule is CC(C)=CCC[C@@](C)(O)[C@@H](O)CO. The van der Waals surface area contributed by atoms with E-state index in [4.69, 9.17) is 5.11 Å². The first kappa shape index (κ1) is 12.6. The molecule has 0 aliphatic heterocycles. The quantitative estimate of drug-likeness (QED) is 0.560. The van der Waals surface area contributed by atoms with Gasteiger partial charge in [-0.05, 0) is 33.6 Å². The van der Waals surface area contributed by atoms with Gasteiger partial charge in [0, 0.05) is 0 Å². The molecule has 0 radical (unpaired) electrons. The Kier molecular flexibility index (Phi) is 5.21. The molecule has 0 saturated carbocycles. The Balaban J connectivity index is 3.96. The van der Waals surface area contributed by atoms with Crippen LogP contribution in [0.5, 0.6) is 0 Å². The van der Waals surface area contributed by atoms with E-state index in [1.807, 2.05) is 19.9 Å². The van der Waals surface area contributed by atoms with Crippen LogP contribution in [0.2, 0.25) is 0 Å². The van der Waals surface area contributed by atoms with Gasteiger partial charge in [0.25, 0.3) is 0 Å². The second-order valence-electron chi connectivity index (χ2n) is 3.88. The van der Waals surface area contributed by atoms with Crippen molar-refractivity contribution in [3.05, 3.63) is 11.6 Å². The van der Waals surface area contributed by atoms with Crippen molar-refractivity contribution in [2.75, 3.05) is 6.61 Å². The molecule has 0 aliphatic carbocycles. The van der Waals surface area contributed by atoms with Crippen molar-refractivity contribution < 1.29 is 15.3 Å². The van der Waals surface area contributed by atoms with E-state index in [0.717, 1.165) is 0 Å². The highest BCUT2D eigenvalue weighted by molar-refractivity contribution is 4.95. The van der Waals surface area contributed by atoms with Crippen LogP contribution in [-0.4, -0.2) is 33.6 Å². The van der Waals surface area contributed by atoms with Crippen LogP contribution in [0.15, 0.2) is 11.6 Å². The van der Waals surface area contributed by atoms with Crippen LogP contribution < -0.4 is 0 Å². The molecule has 13 heavy (non-hydrogen) atoms. The second-order valence-corrected chi connectivity index (χ2v) is 3.88. The Hall–Kier alpha value is -0.380. The molecule has 0 fully saturated rings. The van der Waals surface area contributed by atoms with Crippen LogP contribution in [0.4, 0.5) is 0 Å². The largest absolute Gasteiger partial charge is 0.394 e. The predicted octanol–water partition coefficient (Wildman–Crippen LogP) is 0.837. The highest BCUT2D eigenvalue weighted by Gasteiger charge is 2.28. The van der Waals surface area contributed by atoms with Gasteiger partial charge in [-0.3, -0.25) is 0 Å². The molecule has 0 aromatic heterocycles. The molecule has 0 amide bonds. The fourth-order valence-corrected chi connectivity index (χ4v) is 1.02. The van der Waals surface area contributed by atoms with E-state index in [-0.39, 0.29) is 0 Å². The topological polar surface area (TPSA) is 60.7 Å². The van der Waals surface area contributed by atoms with Crippen molar-refractivity contribution in [3.8, 4) is 0 Å². The third kappa shape index (κ3) is 5.03. The highest BCUT2D eigenvalue weighted by Crippen LogP contribution is 2.17. The first-order chi connectivity index (χ1) is 5.90. The lowest BCUT2D eigenvalue weighted by Crippen LogP contribution is -2.41. The average Bonchev–Trinajstić information content (AvgIpc) is 2.01. The van der Waals surface area contributed by atoms with Gasteiger partial charge in [0.1, 0.15) is 6.10 Å². The van der Waals surface area contributed by atoms with Crippen molar-refractivity contribution >= 4 is 0 Å². The zero-order valence-electron chi connectivity index (χ0n) is 8.62. The third-order valence-electron chi connectivity index (χ3n) is 2.09. The molecule has 0 saturated heterocycles. The highest BCUT2D eigenvalue weighted by atomic mass is 16.4. The van der Waals surface area contributed by atoms with Gasteiger partial charge in [-0.15, -0.1) is 0 Å². The standard InChI is InChI=1S/C10H20O3/c1-8(2)5-4-6-10(3,13)9(12)7-11/h5,9,11-13H,4,6-7H2,1-3H3/t9-,10+/m0/s1. The normalized spacial score (nSPS) is 17.7. The number of hydrogen-bond acceptors (Lipinski definition) is 3.